The number of nitrogens with one attached hydrogen (secondary N) is 1. The summed E-state index contributed by atoms with van der Waals surface area (Å²) < 4.78 is 21.4. The molecule has 1 aliphatic heterocycles. The molecule has 1 unspecified atom stereocenters. The summed E-state index contributed by atoms with van der Waals surface area (Å²) >= 11 is 0. The zero-order chi connectivity index (χ0) is 17.5. The highest BCUT2D eigenvalue weighted by molar-refractivity contribution is 5.96. The quantitative estimate of drug-likeness (QED) is 0.557. The number of aromatic nitrogens is 3. The topological polar surface area (TPSA) is 42.8 Å². The van der Waals surface area contributed by atoms with Crippen molar-refractivity contribution in [3.8, 4) is 5.69 Å². The van der Waals surface area contributed by atoms with Crippen molar-refractivity contribution in [3.05, 3.63) is 60.2 Å². The van der Waals surface area contributed by atoms with Crippen LogP contribution in [0.1, 0.15) is 30.9 Å². The summed E-state index contributed by atoms with van der Waals surface area (Å²) in [5.74, 6) is 0.221. The Hall–Kier alpha value is -2.66. The first kappa shape index (κ1) is 15.6. The van der Waals surface area contributed by atoms with Crippen LogP contribution in [0.15, 0.2) is 48.7 Å². The van der Waals surface area contributed by atoms with E-state index in [0.29, 0.717) is 5.92 Å². The highest BCUT2D eigenvalue weighted by atomic mass is 19.1. The molecule has 26 heavy (non-hydrogen) atoms. The third-order valence-corrected chi connectivity index (χ3v) is 5.34. The molecular formula is C21H20FN3O. The maximum absolute atomic E-state index is 13.5. The molecule has 3 heterocycles. The Morgan fingerprint density at radius 1 is 1.04 bits per heavy atom. The van der Waals surface area contributed by atoms with Gasteiger partial charge in [-0.3, -0.25) is 5.10 Å². The summed E-state index contributed by atoms with van der Waals surface area (Å²) in [6, 6.07) is 13.3. The highest BCUT2D eigenvalue weighted by Crippen LogP contribution is 2.35. The standard InChI is InChI=1S/C21H20FN3O/c22-17-3-5-18(6-4-17)25-20(14-2-1-8-26-9-7-14)11-15-10-19-16(12-21(15)25)13-23-24-19/h3-6,10-14H,1-2,7-9H2,(H,23,24). The molecule has 0 radical (unpaired) electrons. The molecule has 0 saturated carbocycles. The summed E-state index contributed by atoms with van der Waals surface area (Å²) in [6.07, 6.45) is 5.03. The van der Waals surface area contributed by atoms with Crippen LogP contribution in [-0.2, 0) is 4.74 Å². The molecule has 0 aliphatic carbocycles. The number of fused-ring (bicyclic) bond motifs is 2. The fourth-order valence-electron chi connectivity index (χ4n) is 4.05. The van der Waals surface area contributed by atoms with Crippen LogP contribution in [0.3, 0.4) is 0 Å². The van der Waals surface area contributed by atoms with E-state index in [0.717, 1.165) is 54.6 Å². The highest BCUT2D eigenvalue weighted by Gasteiger charge is 2.21. The van der Waals surface area contributed by atoms with Gasteiger partial charge in [-0.05, 0) is 61.7 Å². The Bertz CT molecular complexity index is 1060. The molecule has 1 N–H and O–H groups in total. The van der Waals surface area contributed by atoms with E-state index in [-0.39, 0.29) is 5.82 Å². The van der Waals surface area contributed by atoms with Gasteiger partial charge in [0.15, 0.2) is 0 Å². The van der Waals surface area contributed by atoms with Crippen molar-refractivity contribution in [1.29, 1.82) is 0 Å². The molecule has 1 aliphatic rings. The van der Waals surface area contributed by atoms with Crippen molar-refractivity contribution in [2.75, 3.05) is 13.2 Å². The van der Waals surface area contributed by atoms with Crippen LogP contribution in [-0.4, -0.2) is 28.0 Å². The van der Waals surface area contributed by atoms with Crippen LogP contribution < -0.4 is 0 Å². The molecule has 2 aromatic carbocycles. The Kier molecular flexibility index (Phi) is 3.75. The average molecular weight is 349 g/mol. The van der Waals surface area contributed by atoms with Crippen molar-refractivity contribution in [2.24, 2.45) is 0 Å². The molecule has 1 atom stereocenters. The van der Waals surface area contributed by atoms with Crippen molar-refractivity contribution >= 4 is 21.8 Å². The lowest BCUT2D eigenvalue weighted by atomic mass is 9.96. The third kappa shape index (κ3) is 2.59. The normalized spacial score (nSPS) is 18.4. The van der Waals surface area contributed by atoms with Gasteiger partial charge < -0.3 is 9.30 Å². The molecule has 0 bridgehead atoms. The van der Waals surface area contributed by atoms with E-state index in [2.05, 4.69) is 33.0 Å². The van der Waals surface area contributed by atoms with Crippen LogP contribution in [0, 0.1) is 5.82 Å². The van der Waals surface area contributed by atoms with Crippen LogP contribution in [0.4, 0.5) is 4.39 Å². The molecule has 1 saturated heterocycles. The van der Waals surface area contributed by atoms with Gasteiger partial charge in [0.2, 0.25) is 0 Å². The largest absolute Gasteiger partial charge is 0.381 e. The Morgan fingerprint density at radius 2 is 1.92 bits per heavy atom. The van der Waals surface area contributed by atoms with E-state index in [9.17, 15) is 4.39 Å². The Morgan fingerprint density at radius 3 is 2.81 bits per heavy atom. The number of halogens is 1. The maximum Gasteiger partial charge on any atom is 0.123 e. The smallest absolute Gasteiger partial charge is 0.123 e. The predicted molar refractivity (Wildman–Crippen MR) is 100 cm³/mol. The number of aromatic amines is 1. The number of rotatable bonds is 2. The summed E-state index contributed by atoms with van der Waals surface area (Å²) in [6.45, 7) is 1.63. The summed E-state index contributed by atoms with van der Waals surface area (Å²) in [4.78, 5) is 0. The van der Waals surface area contributed by atoms with Gasteiger partial charge in [-0.15, -0.1) is 0 Å². The lowest BCUT2D eigenvalue weighted by Crippen LogP contribution is -2.07. The minimum Gasteiger partial charge on any atom is -0.381 e. The van der Waals surface area contributed by atoms with Crippen LogP contribution in [0.5, 0.6) is 0 Å². The zero-order valence-corrected chi connectivity index (χ0v) is 14.4. The zero-order valence-electron chi connectivity index (χ0n) is 14.4. The number of nitrogens with zero attached hydrogens (tertiary/aromatic N) is 2. The van der Waals surface area contributed by atoms with Gasteiger partial charge in [0.05, 0.1) is 17.2 Å². The minimum atomic E-state index is -0.216. The molecular weight excluding hydrogens is 329 g/mol. The predicted octanol–water partition coefficient (Wildman–Crippen LogP) is 4.93. The van der Waals surface area contributed by atoms with Crippen molar-refractivity contribution < 1.29 is 9.13 Å². The molecule has 5 heteroatoms. The Labute approximate surface area is 150 Å². The minimum absolute atomic E-state index is 0.216. The van der Waals surface area contributed by atoms with Crippen LogP contribution >= 0.6 is 0 Å². The van der Waals surface area contributed by atoms with Crippen LogP contribution in [0.2, 0.25) is 0 Å². The van der Waals surface area contributed by atoms with Gasteiger partial charge in [0.1, 0.15) is 5.82 Å². The molecule has 4 aromatic rings. The summed E-state index contributed by atoms with van der Waals surface area (Å²) in [7, 11) is 0. The van der Waals surface area contributed by atoms with Gasteiger partial charge in [0.25, 0.3) is 0 Å². The number of hydrogen-bond acceptors (Lipinski definition) is 2. The van der Waals surface area contributed by atoms with E-state index < -0.39 is 0 Å². The number of benzene rings is 2. The van der Waals surface area contributed by atoms with Crippen LogP contribution in [0.25, 0.3) is 27.5 Å². The van der Waals surface area contributed by atoms with Crippen molar-refractivity contribution in [1.82, 2.24) is 14.8 Å². The average Bonchev–Trinajstić information content (AvgIpc) is 3.15. The second-order valence-corrected chi connectivity index (χ2v) is 6.99. The maximum atomic E-state index is 13.5. The number of H-pyrrole nitrogens is 1. The molecule has 5 rings (SSSR count). The van der Waals surface area contributed by atoms with E-state index in [1.54, 1.807) is 0 Å². The van der Waals surface area contributed by atoms with E-state index in [1.165, 1.54) is 23.2 Å². The van der Waals surface area contributed by atoms with E-state index in [4.69, 9.17) is 4.74 Å². The lowest BCUT2D eigenvalue weighted by molar-refractivity contribution is 0.143. The first-order chi connectivity index (χ1) is 12.8. The summed E-state index contributed by atoms with van der Waals surface area (Å²) in [5, 5.41) is 9.44. The summed E-state index contributed by atoms with van der Waals surface area (Å²) in [5.41, 5.74) is 4.43. The van der Waals surface area contributed by atoms with Gasteiger partial charge in [-0.2, -0.15) is 5.10 Å². The molecule has 2 aromatic heterocycles. The van der Waals surface area contributed by atoms with Gasteiger partial charge in [-0.25, -0.2) is 4.39 Å². The van der Waals surface area contributed by atoms with Gasteiger partial charge >= 0.3 is 0 Å². The third-order valence-electron chi connectivity index (χ3n) is 5.34. The van der Waals surface area contributed by atoms with E-state index in [1.807, 2.05) is 18.3 Å². The Balaban J connectivity index is 1.76. The van der Waals surface area contributed by atoms with E-state index >= 15 is 0 Å². The number of ether oxygens (including phenoxy) is 1. The molecule has 1 fully saturated rings. The fourth-order valence-corrected chi connectivity index (χ4v) is 4.05. The second kappa shape index (κ2) is 6.25. The first-order valence-corrected chi connectivity index (χ1v) is 9.12. The first-order valence-electron chi connectivity index (χ1n) is 9.12. The fraction of sp³-hybridized carbons (Fsp3) is 0.286. The SMILES string of the molecule is Fc1ccc(-n2c(C3CCCOCC3)cc3cc4[nH]ncc4cc32)cc1. The van der Waals surface area contributed by atoms with Crippen molar-refractivity contribution in [3.63, 3.8) is 0 Å². The monoisotopic (exact) mass is 349 g/mol. The molecule has 0 spiro atoms. The second-order valence-electron chi connectivity index (χ2n) is 6.99. The van der Waals surface area contributed by atoms with Gasteiger partial charge in [0, 0.05) is 41.3 Å². The molecule has 132 valence electrons. The molecule has 0 amide bonds. The number of hydrogen-bond donors (Lipinski definition) is 1. The van der Waals surface area contributed by atoms with Crippen molar-refractivity contribution in [2.45, 2.75) is 25.2 Å². The lowest BCUT2D eigenvalue weighted by Gasteiger charge is -2.18. The molecule has 4 nitrogen and oxygen atoms in total. The van der Waals surface area contributed by atoms with Gasteiger partial charge in [-0.1, -0.05) is 0 Å².